The zero-order valence-electron chi connectivity index (χ0n) is 71.1. The normalized spacial score (nSPS) is 44.7. The summed E-state index contributed by atoms with van der Waals surface area (Å²) in [6.07, 6.45) is 45.0. The molecule has 16 aliphatic rings. The van der Waals surface area contributed by atoms with Gasteiger partial charge in [-0.15, -0.1) is 0 Å². The monoisotopic (exact) mass is 1640 g/mol. The second-order valence-electron chi connectivity index (χ2n) is 43.0. The lowest BCUT2D eigenvalue weighted by molar-refractivity contribution is -0.160. The van der Waals surface area contributed by atoms with Crippen LogP contribution in [0.3, 0.4) is 0 Å². The molecule has 4 heterocycles. The summed E-state index contributed by atoms with van der Waals surface area (Å²) in [7, 11) is 0. The van der Waals surface area contributed by atoms with Gasteiger partial charge < -0.3 is 20.4 Å². The van der Waals surface area contributed by atoms with Crippen LogP contribution in [0.2, 0.25) is 0 Å². The number of Topliss-reactive ketones (excluding diaryl/α,β-unsaturated/α-hetero) is 4. The van der Waals surface area contributed by atoms with Crippen LogP contribution in [-0.2, 0) is 45.4 Å². The van der Waals surface area contributed by atoms with Crippen molar-refractivity contribution in [1.82, 2.24) is 39.1 Å². The minimum absolute atomic E-state index is 0.0368. The Kier molecular flexibility index (Phi) is 23.4. The number of hydrogen-bond donors (Lipinski definition) is 4. The number of carbonyl (C=O) groups is 4. The van der Waals surface area contributed by atoms with Crippen molar-refractivity contribution in [3.63, 3.8) is 0 Å². The fourth-order valence-electron chi connectivity index (χ4n) is 31.5. The Hall–Kier alpha value is -5.77. The predicted molar refractivity (Wildman–Crippen MR) is 439 cm³/mol. The van der Waals surface area contributed by atoms with E-state index in [9.17, 15) is 61.6 Å². The van der Waals surface area contributed by atoms with Gasteiger partial charge in [-0.05, 0) is 358 Å². The number of fused-ring (bicyclic) bond motifs is 20. The highest BCUT2D eigenvalue weighted by Crippen LogP contribution is 2.70. The third kappa shape index (κ3) is 15.3. The Morgan fingerprint density at radius 1 is 0.398 bits per heavy atom. The minimum atomic E-state index is -2.68. The van der Waals surface area contributed by atoms with E-state index in [-0.39, 0.29) is 76.9 Å². The summed E-state index contributed by atoms with van der Waals surface area (Å²) in [6.45, 7) is 14.6. The Morgan fingerprint density at radius 2 is 0.754 bits per heavy atom. The van der Waals surface area contributed by atoms with E-state index in [0.717, 1.165) is 152 Å². The highest BCUT2D eigenvalue weighted by molar-refractivity contribution is 5.84. The highest BCUT2D eigenvalue weighted by Gasteiger charge is 2.64. The molecule has 0 spiro atoms. The maximum absolute atomic E-state index is 13.4. The molecule has 0 aliphatic heterocycles. The van der Waals surface area contributed by atoms with E-state index in [1.165, 1.54) is 36.8 Å². The van der Waals surface area contributed by atoms with E-state index >= 15 is 0 Å². The number of allylic oxidation sites excluding steroid dienone is 3. The van der Waals surface area contributed by atoms with Gasteiger partial charge in [-0.1, -0.05) is 69.6 Å². The molecule has 21 heteroatoms. The van der Waals surface area contributed by atoms with Gasteiger partial charge in [0.2, 0.25) is 0 Å². The van der Waals surface area contributed by atoms with Crippen LogP contribution in [0.25, 0.3) is 0 Å². The van der Waals surface area contributed by atoms with Crippen molar-refractivity contribution in [2.75, 3.05) is 6.67 Å². The van der Waals surface area contributed by atoms with E-state index < -0.39 is 41.9 Å². The number of rotatable bonds is 15. The molecule has 0 unspecified atom stereocenters. The van der Waals surface area contributed by atoms with Crippen LogP contribution in [0.15, 0.2) is 109 Å². The summed E-state index contributed by atoms with van der Waals surface area (Å²) in [5, 5.41) is 58.8. The molecule has 118 heavy (non-hydrogen) atoms. The molecule has 20 rings (SSSR count). The van der Waals surface area contributed by atoms with Crippen LogP contribution in [0.4, 0.5) is 22.0 Å². The highest BCUT2D eigenvalue weighted by atomic mass is 19.3. The number of hydrogen-bond acceptors (Lipinski definition) is 12. The lowest BCUT2D eigenvalue weighted by Gasteiger charge is -2.57. The summed E-state index contributed by atoms with van der Waals surface area (Å²) in [5.74, 6) is 11.9. The van der Waals surface area contributed by atoms with Crippen LogP contribution < -0.4 is 0 Å². The lowest BCUT2D eigenvalue weighted by Crippen LogP contribution is -2.53. The van der Waals surface area contributed by atoms with Gasteiger partial charge in [-0.2, -0.15) is 20.4 Å². The standard InChI is InChI=1S/C25H36N2O2.C24H34F2N2O2.C24H32F2N2O2.C24H33FN2O2/c1-16-13-20-17(14-25(16,3)29)5-6-19-18(20)9-10-24(2)21(19)7-8-22(24)23(28)15-27-12-4-11-26-27;2*1-23-9-7-17-16-8-10-24(30,22(25)26)13-15(16)3-4-18(17)19(23)5-6-20(23)21(29)14-28-12-2-11-27-28;1-23-9-7-18-17-8-10-24(29,15-25)13-16(17)3-4-19(18)20(23)5-6-21(23)22(28)14-27-12-2-11-26-27/h4-5,11-12,16,18-22,29H,6-10,13-15H2,1-3H3;2,11-12,15-20,22,30H,3-10,13-14H2,1H3;2-3,11-12,16-20,22,30H,4-10,13-14H2,1H3;2-3,11-12,17-21,29H,4-10,13-15H2,1H3/t16-,18+,19-,20+,21+,22-,24+,25+;15-,16-,17+,18+,19-,20+,23-,24+;16-,17+,18+,19-,20+,23-,24+;17-,18+,19+,20-,21+,23-,24+/m1000/s1. The second-order valence-corrected chi connectivity index (χ2v) is 43.0. The van der Waals surface area contributed by atoms with Crippen molar-refractivity contribution < 1.29 is 61.6 Å². The minimum Gasteiger partial charge on any atom is -0.390 e. The zero-order valence-corrected chi connectivity index (χ0v) is 71.1. The number of ketones is 4. The molecule has 16 nitrogen and oxygen atoms in total. The molecule has 0 radical (unpaired) electrons. The average Bonchev–Trinajstić information content (AvgIpc) is 1.50. The lowest BCUT2D eigenvalue weighted by atomic mass is 9.49. The molecule has 0 amide bonds. The molecule has 646 valence electrons. The number of aliphatic hydroxyl groups is 4. The number of carbonyl (C=O) groups excluding carboxylic acids is 4. The largest absolute Gasteiger partial charge is 0.390 e. The van der Waals surface area contributed by atoms with Crippen molar-refractivity contribution >= 4 is 23.1 Å². The number of alkyl halides is 5. The number of aromatic nitrogens is 8. The third-order valence-corrected chi connectivity index (χ3v) is 37.7. The molecular formula is C97H135F5N8O8. The second kappa shape index (κ2) is 32.7. The van der Waals surface area contributed by atoms with Crippen LogP contribution in [0.1, 0.15) is 247 Å². The fraction of sp³-hybridized carbons (Fsp3) is 0.773. The molecule has 13 saturated carbocycles. The van der Waals surface area contributed by atoms with Gasteiger partial charge in [-0.3, -0.25) is 37.9 Å². The summed E-state index contributed by atoms with van der Waals surface area (Å²) in [6, 6.07) is 7.47. The molecule has 4 N–H and O–H groups in total. The Morgan fingerprint density at radius 3 is 1.14 bits per heavy atom. The Labute approximate surface area is 696 Å². The first kappa shape index (κ1) is 84.4. The summed E-state index contributed by atoms with van der Waals surface area (Å²) < 4.78 is 73.8. The van der Waals surface area contributed by atoms with E-state index in [4.69, 9.17) is 0 Å². The first-order valence-corrected chi connectivity index (χ1v) is 46.5. The molecule has 0 saturated heterocycles. The van der Waals surface area contributed by atoms with Crippen LogP contribution in [0.5, 0.6) is 0 Å². The Balaban J connectivity index is 0.000000113. The molecule has 13 fully saturated rings. The van der Waals surface area contributed by atoms with Crippen molar-refractivity contribution in [1.29, 1.82) is 0 Å². The summed E-state index contributed by atoms with van der Waals surface area (Å²) >= 11 is 0. The first-order chi connectivity index (χ1) is 56.4. The topological polar surface area (TPSA) is 220 Å². The summed E-state index contributed by atoms with van der Waals surface area (Å²) in [4.78, 5) is 52.6. The molecule has 16 aliphatic carbocycles. The van der Waals surface area contributed by atoms with E-state index in [2.05, 4.69) is 73.2 Å². The molecular weight excluding hydrogens is 1500 g/mol. The van der Waals surface area contributed by atoms with Crippen molar-refractivity contribution in [2.45, 2.75) is 308 Å². The molecule has 4 aromatic rings. The SMILES string of the molecule is C[C@@H]1C[C@H]2C(=CC[C@@H]3[C@@H]2CC[C@]2(C)[C@@H](C(=O)Cn4cccn4)CC[C@@H]32)C[C@]1(C)O.C[C@]12CC[C@H]3[C@@H](CC=C4C[C@@](O)(C(F)F)CC[C@@H]43)[C@@H]1CC[C@@H]2C(=O)Cn1cccn1.C[C@]12CC[C@H]3[C@@H](CC=C4C[C@@](O)(CF)CC[C@@H]43)[C@@H]1CC[C@@H]2C(=O)Cn1cccn1.C[C@]12CC[C@H]3[C@@H](CC[C@H]4C[C@@](O)(C(F)F)CC[C@@H]43)[C@@H]1CC[C@@H]2C(=O)Cn1cccn1. The fourth-order valence-corrected chi connectivity index (χ4v) is 31.5. The number of nitrogens with zero attached hydrogens (tertiary/aromatic N) is 8. The Bertz CT molecular complexity index is 4300. The van der Waals surface area contributed by atoms with E-state index in [0.29, 0.717) is 157 Å². The van der Waals surface area contributed by atoms with Gasteiger partial charge in [0.05, 0.1) is 37.4 Å². The smallest absolute Gasteiger partial charge is 0.267 e. The van der Waals surface area contributed by atoms with Crippen LogP contribution in [0, 0.1) is 152 Å². The molecule has 0 aromatic carbocycles. The predicted octanol–water partition coefficient (Wildman–Crippen LogP) is 18.3. The first-order valence-electron chi connectivity index (χ1n) is 46.5. The van der Waals surface area contributed by atoms with Gasteiger partial charge in [0.1, 0.15) is 17.9 Å². The quantitative estimate of drug-likeness (QED) is 0.0645. The molecule has 4 aromatic heterocycles. The van der Waals surface area contributed by atoms with Gasteiger partial charge >= 0.3 is 0 Å². The van der Waals surface area contributed by atoms with Crippen LogP contribution in [-0.4, -0.2) is 125 Å². The van der Waals surface area contributed by atoms with Crippen LogP contribution >= 0.6 is 0 Å². The van der Waals surface area contributed by atoms with E-state index in [1.54, 1.807) is 43.5 Å². The van der Waals surface area contributed by atoms with E-state index in [1.807, 2.05) is 56.0 Å². The molecule has 0 bridgehead atoms. The maximum atomic E-state index is 13.4. The van der Waals surface area contributed by atoms with Gasteiger partial charge in [0.15, 0.2) is 23.1 Å². The number of halogens is 5. The zero-order chi connectivity index (χ0) is 82.8. The van der Waals surface area contributed by atoms with Gasteiger partial charge in [-0.25, -0.2) is 22.0 Å². The van der Waals surface area contributed by atoms with Crippen molar-refractivity contribution in [3.8, 4) is 0 Å². The maximum Gasteiger partial charge on any atom is 0.267 e. The van der Waals surface area contributed by atoms with Crippen molar-refractivity contribution in [3.05, 3.63) is 109 Å². The van der Waals surface area contributed by atoms with Gasteiger partial charge in [0.25, 0.3) is 12.9 Å². The summed E-state index contributed by atoms with van der Waals surface area (Å²) in [5.41, 5.74) is -1.01. The van der Waals surface area contributed by atoms with Crippen molar-refractivity contribution in [2.24, 2.45) is 152 Å². The third-order valence-electron chi connectivity index (χ3n) is 37.7. The molecule has 30 atom stereocenters. The van der Waals surface area contributed by atoms with Gasteiger partial charge in [0, 0.05) is 79.7 Å². The average molecular weight is 1640 g/mol.